The van der Waals surface area contributed by atoms with Gasteiger partial charge in [-0.15, -0.1) is 0 Å². The van der Waals surface area contributed by atoms with Gasteiger partial charge in [-0.05, 0) is 138 Å². The molecule has 0 fully saturated rings. The molecule has 2 aromatic carbocycles. The smallest absolute Gasteiger partial charge is 0.337 e. The third-order valence-electron chi connectivity index (χ3n) is 14.6. The summed E-state index contributed by atoms with van der Waals surface area (Å²) in [6.45, 7) is 11.8. The number of nitrogens with zero attached hydrogens (tertiary/aromatic N) is 10. The zero-order valence-electron chi connectivity index (χ0n) is 44.3. The van der Waals surface area contributed by atoms with E-state index in [0.717, 1.165) is 106 Å². The number of aromatic nitrogens is 10. The van der Waals surface area contributed by atoms with Crippen molar-refractivity contribution in [3.63, 3.8) is 0 Å². The molecule has 0 amide bonds. The molecule has 0 aliphatic carbocycles. The summed E-state index contributed by atoms with van der Waals surface area (Å²) < 4.78 is 20.1. The largest absolute Gasteiger partial charge is 0.478 e. The summed E-state index contributed by atoms with van der Waals surface area (Å²) in [7, 11) is 1.38. The van der Waals surface area contributed by atoms with Crippen LogP contribution in [0.3, 0.4) is 0 Å². The Morgan fingerprint density at radius 1 is 0.494 bits per heavy atom. The summed E-state index contributed by atoms with van der Waals surface area (Å²) in [5.74, 6) is 0.0965. The number of fused-ring (bicyclic) bond motifs is 2. The van der Waals surface area contributed by atoms with Crippen molar-refractivity contribution in [3.05, 3.63) is 240 Å². The normalized spacial score (nSPS) is 11.6. The molecule has 16 heteroatoms. The third kappa shape index (κ3) is 9.07. The zero-order chi connectivity index (χ0) is 55.0. The fourth-order valence-electron chi connectivity index (χ4n) is 10.5. The number of rotatable bonds is 12. The van der Waals surface area contributed by atoms with Crippen molar-refractivity contribution in [3.8, 4) is 44.5 Å². The molecule has 12 aromatic rings. The standard InChI is InChI=1S/C32H27N5O3.C31H25N5O3/c1-20-29(21(2)40-36-20)24-17-26-30(35-18-24)25(22-11-13-23(14-12-22)31(38)39-4)19-37(26)32(3,27-9-5-7-15-33-27)28-10-6-8-16-34-28;1-19-28(20(2)39-35-19)23-16-25-29(34-17-23)24(21-10-12-22(13-11-21)30(37)38)18-36(25)31(3,26-8-4-6-14-32-26)27-9-5-7-15-33-27/h5-19H,1-4H3;4-18H,1-3H3,(H,37,38). The van der Waals surface area contributed by atoms with E-state index in [1.54, 1.807) is 49.1 Å². The maximum absolute atomic E-state index is 12.1. The number of aromatic carboxylic acids is 1. The van der Waals surface area contributed by atoms with E-state index in [-0.39, 0.29) is 11.5 Å². The average molecular weight is 1050 g/mol. The van der Waals surface area contributed by atoms with Crippen molar-refractivity contribution < 1.29 is 28.5 Å². The molecular formula is C63H52N10O6. The van der Waals surface area contributed by atoms with Crippen molar-refractivity contribution in [2.75, 3.05) is 7.11 Å². The number of aryl methyl sites for hydroxylation is 4. The maximum Gasteiger partial charge on any atom is 0.337 e. The minimum absolute atomic E-state index is 0.225. The molecule has 10 heterocycles. The van der Waals surface area contributed by atoms with Crippen LogP contribution in [-0.4, -0.2) is 73.5 Å². The van der Waals surface area contributed by atoms with Gasteiger partial charge in [0, 0.05) is 83.0 Å². The summed E-state index contributed by atoms with van der Waals surface area (Å²) in [6, 6.07) is 41.9. The van der Waals surface area contributed by atoms with Gasteiger partial charge in [0.15, 0.2) is 0 Å². The molecule has 390 valence electrons. The van der Waals surface area contributed by atoms with Crippen LogP contribution in [0.5, 0.6) is 0 Å². The molecule has 0 spiro atoms. The lowest BCUT2D eigenvalue weighted by Crippen LogP contribution is -2.34. The Morgan fingerprint density at radius 3 is 1.16 bits per heavy atom. The van der Waals surface area contributed by atoms with Gasteiger partial charge in [0.2, 0.25) is 0 Å². The van der Waals surface area contributed by atoms with Crippen molar-refractivity contribution >= 4 is 34.0 Å². The highest BCUT2D eigenvalue weighted by Crippen LogP contribution is 2.43. The van der Waals surface area contributed by atoms with Gasteiger partial charge in [0.05, 0.1) is 74.5 Å². The molecule has 0 atom stereocenters. The lowest BCUT2D eigenvalue weighted by atomic mass is 9.91. The van der Waals surface area contributed by atoms with E-state index in [1.165, 1.54) is 7.11 Å². The SMILES string of the molecule is COC(=O)c1ccc(-c2cn(C(C)(c3ccccn3)c3ccccn3)c3cc(-c4c(C)noc4C)cnc23)cc1.Cc1noc(C)c1-c1cnc2c(-c3ccc(C(=O)O)cc3)cn(C(C)(c3ccccn3)c3ccccn3)c2c1. The first-order valence-electron chi connectivity index (χ1n) is 25.4. The van der Waals surface area contributed by atoms with E-state index >= 15 is 0 Å². The molecule has 0 saturated heterocycles. The molecule has 0 aliphatic heterocycles. The quantitative estimate of drug-likeness (QED) is 0.113. The lowest BCUT2D eigenvalue weighted by molar-refractivity contribution is 0.0599. The van der Waals surface area contributed by atoms with Crippen LogP contribution in [0.1, 0.15) is 80.2 Å². The van der Waals surface area contributed by atoms with Crippen LogP contribution in [0.4, 0.5) is 0 Å². The number of ether oxygens (including phenoxy) is 1. The number of esters is 1. The first-order valence-corrected chi connectivity index (χ1v) is 25.4. The molecule has 0 bridgehead atoms. The molecule has 16 nitrogen and oxygen atoms in total. The second-order valence-corrected chi connectivity index (χ2v) is 19.4. The molecule has 0 saturated carbocycles. The molecule has 0 aliphatic rings. The number of carboxylic acid groups (broad SMARTS) is 1. The zero-order valence-corrected chi connectivity index (χ0v) is 44.3. The summed E-state index contributed by atoms with van der Waals surface area (Å²) in [6.07, 6.45) is 15.0. The van der Waals surface area contributed by atoms with Crippen LogP contribution in [0, 0.1) is 27.7 Å². The monoisotopic (exact) mass is 1040 g/mol. The third-order valence-corrected chi connectivity index (χ3v) is 14.6. The van der Waals surface area contributed by atoms with Crippen LogP contribution in [0.2, 0.25) is 0 Å². The van der Waals surface area contributed by atoms with Crippen molar-refractivity contribution in [1.82, 2.24) is 49.4 Å². The number of benzene rings is 2. The predicted molar refractivity (Wildman–Crippen MR) is 299 cm³/mol. The van der Waals surface area contributed by atoms with E-state index in [2.05, 4.69) is 51.6 Å². The van der Waals surface area contributed by atoms with Gasteiger partial charge < -0.3 is 28.0 Å². The molecule has 79 heavy (non-hydrogen) atoms. The highest BCUT2D eigenvalue weighted by Gasteiger charge is 2.38. The van der Waals surface area contributed by atoms with E-state index in [9.17, 15) is 14.7 Å². The van der Waals surface area contributed by atoms with Gasteiger partial charge in [0.1, 0.15) is 22.6 Å². The number of methoxy groups -OCH3 is 1. The van der Waals surface area contributed by atoms with E-state index < -0.39 is 17.0 Å². The average Bonchev–Trinajstić information content (AvgIpc) is 4.47. The van der Waals surface area contributed by atoms with Gasteiger partial charge in [-0.1, -0.05) is 58.8 Å². The Bertz CT molecular complexity index is 4060. The predicted octanol–water partition coefficient (Wildman–Crippen LogP) is 12.6. The Hall–Kier alpha value is -10.2. The number of carboxylic acids is 1. The number of carbonyl (C=O) groups excluding carboxylic acids is 1. The van der Waals surface area contributed by atoms with Gasteiger partial charge in [0.25, 0.3) is 0 Å². The second-order valence-electron chi connectivity index (χ2n) is 19.4. The number of pyridine rings is 6. The summed E-state index contributed by atoms with van der Waals surface area (Å²) >= 11 is 0. The second kappa shape index (κ2) is 20.7. The highest BCUT2D eigenvalue weighted by atomic mass is 16.5. The lowest BCUT2D eigenvalue weighted by Gasteiger charge is -2.31. The van der Waals surface area contributed by atoms with Crippen molar-refractivity contribution in [1.29, 1.82) is 0 Å². The Kier molecular flexibility index (Phi) is 13.4. The molecule has 10 aromatic heterocycles. The van der Waals surface area contributed by atoms with Crippen LogP contribution < -0.4 is 0 Å². The molecule has 12 rings (SSSR count). The van der Waals surface area contributed by atoms with Crippen LogP contribution in [-0.2, 0) is 15.8 Å². The van der Waals surface area contributed by atoms with Crippen LogP contribution in [0.15, 0.2) is 192 Å². The number of hydrogen-bond donors (Lipinski definition) is 1. The van der Waals surface area contributed by atoms with E-state index in [1.807, 2.05) is 143 Å². The van der Waals surface area contributed by atoms with E-state index in [0.29, 0.717) is 11.3 Å². The fraction of sp³-hybridized carbons (Fsp3) is 0.143. The molecule has 0 unspecified atom stereocenters. The highest BCUT2D eigenvalue weighted by molar-refractivity contribution is 5.98. The molecular weight excluding hydrogens is 993 g/mol. The van der Waals surface area contributed by atoms with Gasteiger partial charge >= 0.3 is 11.9 Å². The van der Waals surface area contributed by atoms with Crippen LogP contribution in [0.25, 0.3) is 66.6 Å². The minimum Gasteiger partial charge on any atom is -0.478 e. The Labute approximate surface area is 454 Å². The maximum atomic E-state index is 12.1. The first-order chi connectivity index (χ1) is 38.3. The van der Waals surface area contributed by atoms with Crippen molar-refractivity contribution in [2.24, 2.45) is 0 Å². The van der Waals surface area contributed by atoms with Crippen molar-refractivity contribution in [2.45, 2.75) is 52.6 Å². The van der Waals surface area contributed by atoms with Crippen LogP contribution >= 0.6 is 0 Å². The Morgan fingerprint density at radius 2 is 0.861 bits per heavy atom. The number of carbonyl (C=O) groups is 2. The summed E-state index contributed by atoms with van der Waals surface area (Å²) in [5, 5.41) is 17.7. The molecule has 0 radical (unpaired) electrons. The van der Waals surface area contributed by atoms with Gasteiger partial charge in [-0.3, -0.25) is 29.9 Å². The fourth-order valence-corrected chi connectivity index (χ4v) is 10.5. The van der Waals surface area contributed by atoms with E-state index in [4.69, 9.17) is 43.7 Å². The summed E-state index contributed by atoms with van der Waals surface area (Å²) in [5.41, 5.74) is 14.5. The first kappa shape index (κ1) is 50.9. The minimum atomic E-state index is -0.968. The topological polar surface area (TPSA) is 203 Å². The van der Waals surface area contributed by atoms with Gasteiger partial charge in [-0.2, -0.15) is 0 Å². The van der Waals surface area contributed by atoms with Gasteiger partial charge in [-0.25, -0.2) is 9.59 Å². The number of hydrogen-bond acceptors (Lipinski definition) is 13. The Balaban J connectivity index is 0.000000167. The summed E-state index contributed by atoms with van der Waals surface area (Å²) in [4.78, 5) is 52.5. The molecule has 1 N–H and O–H groups in total.